The molecule has 1 aromatic carbocycles. The molecule has 1 aromatic rings. The van der Waals surface area contributed by atoms with Gasteiger partial charge in [-0.2, -0.15) is 0 Å². The molecule has 0 aromatic heterocycles. The summed E-state index contributed by atoms with van der Waals surface area (Å²) in [5.41, 5.74) is 7.05. The van der Waals surface area contributed by atoms with E-state index in [2.05, 4.69) is 15.9 Å². The molecule has 17 heavy (non-hydrogen) atoms. The van der Waals surface area contributed by atoms with Gasteiger partial charge in [0.05, 0.1) is 13.2 Å². The van der Waals surface area contributed by atoms with Crippen LogP contribution < -0.4 is 10.5 Å². The van der Waals surface area contributed by atoms with Gasteiger partial charge in [-0.25, -0.2) is 0 Å². The second-order valence-electron chi connectivity index (χ2n) is 3.66. The van der Waals surface area contributed by atoms with Crippen LogP contribution in [-0.4, -0.2) is 33.7 Å². The third-order valence-corrected chi connectivity index (χ3v) is 3.01. The number of halogens is 1. The number of hydrogen-bond donors (Lipinski definition) is 1. The van der Waals surface area contributed by atoms with Gasteiger partial charge in [-0.05, 0) is 30.2 Å². The number of rotatable bonds is 6. The summed E-state index contributed by atoms with van der Waals surface area (Å²) in [6.07, 6.45) is 0.202. The first-order valence-corrected chi connectivity index (χ1v) is 6.05. The molecule has 0 bridgehead atoms. The predicted octanol–water partition coefficient (Wildman–Crippen LogP) is 1.95. The van der Waals surface area contributed by atoms with Gasteiger partial charge in [-0.1, -0.05) is 15.9 Å². The third kappa shape index (κ3) is 3.96. The lowest BCUT2D eigenvalue weighted by Gasteiger charge is -2.21. The fourth-order valence-electron chi connectivity index (χ4n) is 1.70. The Hall–Kier alpha value is -0.620. The monoisotopic (exact) mass is 303 g/mol. The van der Waals surface area contributed by atoms with Gasteiger partial charge in [0.2, 0.25) is 0 Å². The molecule has 4 nitrogen and oxygen atoms in total. The summed E-state index contributed by atoms with van der Waals surface area (Å²) in [5.74, 6) is 0.814. The number of nitrogens with two attached hydrogens (primary N) is 1. The summed E-state index contributed by atoms with van der Waals surface area (Å²) < 4.78 is 16.6. The van der Waals surface area contributed by atoms with Crippen LogP contribution in [0.25, 0.3) is 0 Å². The maximum absolute atomic E-state index is 6.02. The minimum absolute atomic E-state index is 0.242. The van der Waals surface area contributed by atoms with E-state index >= 15 is 0 Å². The zero-order chi connectivity index (χ0) is 12.8. The molecule has 0 amide bonds. The lowest BCUT2D eigenvalue weighted by Crippen LogP contribution is -2.39. The average Bonchev–Trinajstić information content (AvgIpc) is 2.31. The Morgan fingerprint density at radius 2 is 1.88 bits per heavy atom. The van der Waals surface area contributed by atoms with Crippen LogP contribution in [0.5, 0.6) is 5.75 Å². The van der Waals surface area contributed by atoms with Crippen molar-refractivity contribution in [1.29, 1.82) is 0 Å². The van der Waals surface area contributed by atoms with Crippen LogP contribution in [0.4, 0.5) is 0 Å². The minimum atomic E-state index is -0.418. The van der Waals surface area contributed by atoms with Crippen LogP contribution in [0, 0.1) is 0 Å². The van der Waals surface area contributed by atoms with E-state index in [0.717, 1.165) is 15.8 Å². The van der Waals surface area contributed by atoms with E-state index in [1.54, 1.807) is 21.3 Å². The number of ether oxygens (including phenoxy) is 3. The number of methoxy groups -OCH3 is 3. The van der Waals surface area contributed by atoms with Gasteiger partial charge >= 0.3 is 0 Å². The van der Waals surface area contributed by atoms with Crippen molar-refractivity contribution in [3.8, 4) is 5.75 Å². The van der Waals surface area contributed by atoms with Gasteiger partial charge < -0.3 is 19.9 Å². The van der Waals surface area contributed by atoms with Crippen LogP contribution in [-0.2, 0) is 15.9 Å². The van der Waals surface area contributed by atoms with Crippen LogP contribution in [0.1, 0.15) is 5.56 Å². The second kappa shape index (κ2) is 6.96. The lowest BCUT2D eigenvalue weighted by atomic mass is 10.1. The molecule has 0 radical (unpaired) electrons. The molecule has 0 saturated heterocycles. The van der Waals surface area contributed by atoms with E-state index in [0.29, 0.717) is 6.42 Å². The predicted molar refractivity (Wildman–Crippen MR) is 70.2 cm³/mol. The first-order chi connectivity index (χ1) is 8.12. The molecule has 0 aliphatic heterocycles. The Bertz CT molecular complexity index is 356. The van der Waals surface area contributed by atoms with E-state index in [4.69, 9.17) is 19.9 Å². The topological polar surface area (TPSA) is 53.7 Å². The smallest absolute Gasteiger partial charge is 0.172 e. The highest BCUT2D eigenvalue weighted by molar-refractivity contribution is 9.10. The van der Waals surface area contributed by atoms with Crippen LogP contribution >= 0.6 is 15.9 Å². The van der Waals surface area contributed by atoms with Gasteiger partial charge in [-0.3, -0.25) is 0 Å². The molecule has 0 aliphatic rings. The summed E-state index contributed by atoms with van der Waals surface area (Å²) in [5, 5.41) is 0. The van der Waals surface area contributed by atoms with Crippen LogP contribution in [0.2, 0.25) is 0 Å². The molecule has 0 aliphatic carbocycles. The zero-order valence-corrected chi connectivity index (χ0v) is 11.9. The maximum Gasteiger partial charge on any atom is 0.172 e. The minimum Gasteiger partial charge on any atom is -0.496 e. The Morgan fingerprint density at radius 1 is 1.24 bits per heavy atom. The SMILES string of the molecule is COc1ccc(Br)cc1CC(N)C(OC)OC. The Kier molecular flexibility index (Phi) is 5.91. The molecule has 0 spiro atoms. The van der Waals surface area contributed by atoms with E-state index in [-0.39, 0.29) is 6.04 Å². The first kappa shape index (κ1) is 14.4. The fraction of sp³-hybridized carbons (Fsp3) is 0.500. The third-order valence-electron chi connectivity index (χ3n) is 2.51. The fourth-order valence-corrected chi connectivity index (χ4v) is 2.11. The molecule has 1 atom stereocenters. The van der Waals surface area contributed by atoms with Crippen LogP contribution in [0.3, 0.4) is 0 Å². The zero-order valence-electron chi connectivity index (χ0n) is 10.3. The first-order valence-electron chi connectivity index (χ1n) is 5.26. The highest BCUT2D eigenvalue weighted by atomic mass is 79.9. The molecule has 1 rings (SSSR count). The normalized spacial score (nSPS) is 12.8. The standard InChI is InChI=1S/C12H18BrNO3/c1-15-11-5-4-9(13)6-8(11)7-10(14)12(16-2)17-3/h4-6,10,12H,7,14H2,1-3H3. The van der Waals surface area contributed by atoms with Gasteiger partial charge in [0.1, 0.15) is 5.75 Å². The molecular weight excluding hydrogens is 286 g/mol. The molecule has 0 fully saturated rings. The van der Waals surface area contributed by atoms with Crippen LogP contribution in [0.15, 0.2) is 22.7 Å². The van der Waals surface area contributed by atoms with E-state index in [9.17, 15) is 0 Å². The molecule has 2 N–H and O–H groups in total. The summed E-state index contributed by atoms with van der Waals surface area (Å²) >= 11 is 3.43. The quantitative estimate of drug-likeness (QED) is 0.816. The Morgan fingerprint density at radius 3 is 2.41 bits per heavy atom. The van der Waals surface area contributed by atoms with Crippen molar-refractivity contribution in [2.75, 3.05) is 21.3 Å². The Labute approximate surface area is 110 Å². The lowest BCUT2D eigenvalue weighted by molar-refractivity contribution is -0.115. The molecule has 5 heteroatoms. The molecule has 96 valence electrons. The summed E-state index contributed by atoms with van der Waals surface area (Å²) in [4.78, 5) is 0. The van der Waals surface area contributed by atoms with Gasteiger partial charge in [0, 0.05) is 18.7 Å². The number of benzene rings is 1. The summed E-state index contributed by atoms with van der Waals surface area (Å²) in [6.45, 7) is 0. The van der Waals surface area contributed by atoms with E-state index < -0.39 is 6.29 Å². The van der Waals surface area contributed by atoms with Crippen molar-refractivity contribution in [1.82, 2.24) is 0 Å². The molecule has 0 saturated carbocycles. The van der Waals surface area contributed by atoms with Crippen molar-refractivity contribution in [3.05, 3.63) is 28.2 Å². The molecule has 0 heterocycles. The maximum atomic E-state index is 6.02. The van der Waals surface area contributed by atoms with Gasteiger partial charge in [-0.15, -0.1) is 0 Å². The van der Waals surface area contributed by atoms with E-state index in [1.807, 2.05) is 18.2 Å². The Balaban J connectivity index is 2.82. The second-order valence-corrected chi connectivity index (χ2v) is 4.58. The van der Waals surface area contributed by atoms with Crippen molar-refractivity contribution in [2.24, 2.45) is 5.73 Å². The highest BCUT2D eigenvalue weighted by Gasteiger charge is 2.18. The van der Waals surface area contributed by atoms with Crippen molar-refractivity contribution >= 4 is 15.9 Å². The van der Waals surface area contributed by atoms with Crippen molar-refractivity contribution in [3.63, 3.8) is 0 Å². The largest absolute Gasteiger partial charge is 0.496 e. The van der Waals surface area contributed by atoms with Crippen molar-refractivity contribution in [2.45, 2.75) is 18.8 Å². The summed E-state index contributed by atoms with van der Waals surface area (Å²) in [7, 11) is 4.79. The van der Waals surface area contributed by atoms with Gasteiger partial charge in [0.25, 0.3) is 0 Å². The summed E-state index contributed by atoms with van der Waals surface area (Å²) in [6, 6.07) is 5.58. The molecule has 1 unspecified atom stereocenters. The van der Waals surface area contributed by atoms with E-state index in [1.165, 1.54) is 0 Å². The average molecular weight is 304 g/mol. The van der Waals surface area contributed by atoms with Crippen molar-refractivity contribution < 1.29 is 14.2 Å². The van der Waals surface area contributed by atoms with Gasteiger partial charge in [0.15, 0.2) is 6.29 Å². The molecular formula is C12H18BrNO3. The highest BCUT2D eigenvalue weighted by Crippen LogP contribution is 2.24. The number of hydrogen-bond acceptors (Lipinski definition) is 4.